The van der Waals surface area contributed by atoms with Crippen molar-refractivity contribution in [3.8, 4) is 5.88 Å². The maximum absolute atomic E-state index is 11.8. The molecule has 96 valence electrons. The molecule has 0 saturated carbocycles. The minimum atomic E-state index is -3.58. The number of hydrogen-bond acceptors (Lipinski definition) is 7. The molecule has 17 heavy (non-hydrogen) atoms. The van der Waals surface area contributed by atoms with E-state index in [0.29, 0.717) is 18.2 Å². The Hall–Kier alpha value is -1.17. The first-order valence-corrected chi connectivity index (χ1v) is 6.49. The molecule has 0 radical (unpaired) electrons. The second-order valence-corrected chi connectivity index (χ2v) is 4.91. The normalized spacial score (nSPS) is 11.3. The number of nitrogens with one attached hydrogen (secondary N) is 1. The second-order valence-electron chi connectivity index (χ2n) is 3.11. The second kappa shape index (κ2) is 5.95. The van der Waals surface area contributed by atoms with Crippen molar-refractivity contribution in [2.45, 2.75) is 13.8 Å². The summed E-state index contributed by atoms with van der Waals surface area (Å²) in [7, 11) is -1.10. The van der Waals surface area contributed by atoms with Gasteiger partial charge in [0.25, 0.3) is 0 Å². The molecule has 8 heteroatoms. The molecule has 1 aromatic heterocycles. The average Bonchev–Trinajstić information content (AvgIpc) is 2.28. The zero-order chi connectivity index (χ0) is 12.9. The van der Waals surface area contributed by atoms with Gasteiger partial charge in [0, 0.05) is 32.5 Å². The molecule has 0 bridgehead atoms. The van der Waals surface area contributed by atoms with E-state index in [1.54, 1.807) is 13.0 Å². The standard InChI is InChI=1S/C9H16N3O4P/c1-5-10-9-11-7(2)6-8(12-9)16-17(13,14-3)15-4/h6H,5H2,1-4H3,(H,10,11,12). The van der Waals surface area contributed by atoms with Gasteiger partial charge in [0.05, 0.1) is 0 Å². The summed E-state index contributed by atoms with van der Waals surface area (Å²) < 4.78 is 26.2. The smallest absolute Gasteiger partial charge is 0.385 e. The highest BCUT2D eigenvalue weighted by Gasteiger charge is 2.25. The highest BCUT2D eigenvalue weighted by Crippen LogP contribution is 2.47. The molecule has 0 amide bonds. The molecule has 0 spiro atoms. The van der Waals surface area contributed by atoms with Gasteiger partial charge in [-0.2, -0.15) is 4.98 Å². The molecule has 0 saturated heterocycles. The van der Waals surface area contributed by atoms with Crippen LogP contribution < -0.4 is 9.84 Å². The summed E-state index contributed by atoms with van der Waals surface area (Å²) >= 11 is 0. The van der Waals surface area contributed by atoms with Gasteiger partial charge in [-0.1, -0.05) is 0 Å². The van der Waals surface area contributed by atoms with Crippen molar-refractivity contribution in [2.24, 2.45) is 0 Å². The monoisotopic (exact) mass is 261 g/mol. The van der Waals surface area contributed by atoms with Crippen molar-refractivity contribution in [3.63, 3.8) is 0 Å². The number of aryl methyl sites for hydroxylation is 1. The summed E-state index contributed by atoms with van der Waals surface area (Å²) in [4.78, 5) is 8.16. The molecular weight excluding hydrogens is 245 g/mol. The van der Waals surface area contributed by atoms with Crippen LogP contribution in [-0.2, 0) is 13.6 Å². The van der Waals surface area contributed by atoms with Crippen molar-refractivity contribution in [1.82, 2.24) is 9.97 Å². The third kappa shape index (κ3) is 3.96. The van der Waals surface area contributed by atoms with E-state index in [1.807, 2.05) is 6.92 Å². The van der Waals surface area contributed by atoms with Crippen LogP contribution in [0.25, 0.3) is 0 Å². The molecule has 0 aromatic carbocycles. The number of phosphoric ester groups is 1. The summed E-state index contributed by atoms with van der Waals surface area (Å²) in [6.07, 6.45) is 0. The van der Waals surface area contributed by atoms with Gasteiger partial charge >= 0.3 is 7.82 Å². The van der Waals surface area contributed by atoms with Crippen LogP contribution in [-0.4, -0.2) is 30.7 Å². The Bertz CT molecular complexity index is 419. The Balaban J connectivity index is 2.94. The fraction of sp³-hybridized carbons (Fsp3) is 0.556. The molecule has 7 nitrogen and oxygen atoms in total. The maximum Gasteiger partial charge on any atom is 0.530 e. The van der Waals surface area contributed by atoms with Crippen molar-refractivity contribution < 1.29 is 18.1 Å². The number of rotatable bonds is 6. The van der Waals surface area contributed by atoms with Gasteiger partial charge in [0.1, 0.15) is 0 Å². The van der Waals surface area contributed by atoms with Crippen molar-refractivity contribution in [2.75, 3.05) is 26.1 Å². The largest absolute Gasteiger partial charge is 0.530 e. The number of aromatic nitrogens is 2. The van der Waals surface area contributed by atoms with E-state index in [-0.39, 0.29) is 5.88 Å². The van der Waals surface area contributed by atoms with Crippen molar-refractivity contribution in [3.05, 3.63) is 11.8 Å². The van der Waals surface area contributed by atoms with E-state index in [2.05, 4.69) is 24.3 Å². The van der Waals surface area contributed by atoms with Gasteiger partial charge in [0.2, 0.25) is 11.8 Å². The molecular formula is C9H16N3O4P. The molecule has 0 aliphatic rings. The van der Waals surface area contributed by atoms with Crippen molar-refractivity contribution >= 4 is 13.8 Å². The van der Waals surface area contributed by atoms with Gasteiger partial charge in [0.15, 0.2) is 0 Å². The van der Waals surface area contributed by atoms with Crippen LogP contribution in [0.1, 0.15) is 12.6 Å². The van der Waals surface area contributed by atoms with Crippen LogP contribution in [0.5, 0.6) is 5.88 Å². The predicted octanol–water partition coefficient (Wildman–Crippen LogP) is 2.00. The lowest BCUT2D eigenvalue weighted by Gasteiger charge is -2.14. The van der Waals surface area contributed by atoms with E-state index in [1.165, 1.54) is 14.2 Å². The SMILES string of the molecule is CCNc1nc(C)cc(OP(=O)(OC)OC)n1. The van der Waals surface area contributed by atoms with Gasteiger partial charge in [-0.3, -0.25) is 9.05 Å². The molecule has 1 N–H and O–H groups in total. The maximum atomic E-state index is 11.8. The Labute approximate surface area is 100 Å². The fourth-order valence-corrected chi connectivity index (χ4v) is 1.71. The summed E-state index contributed by atoms with van der Waals surface area (Å²) in [5, 5.41) is 2.94. The number of nitrogens with zero attached hydrogens (tertiary/aromatic N) is 2. The molecule has 0 atom stereocenters. The predicted molar refractivity (Wildman–Crippen MR) is 63.2 cm³/mol. The van der Waals surface area contributed by atoms with E-state index < -0.39 is 7.82 Å². The molecule has 0 aliphatic carbocycles. The molecule has 1 aromatic rings. The van der Waals surface area contributed by atoms with E-state index in [0.717, 1.165) is 0 Å². The third-order valence-corrected chi connectivity index (χ3v) is 3.12. The Morgan fingerprint density at radius 1 is 1.35 bits per heavy atom. The van der Waals surface area contributed by atoms with Crippen LogP contribution >= 0.6 is 7.82 Å². The lowest BCUT2D eigenvalue weighted by atomic mass is 10.4. The van der Waals surface area contributed by atoms with Gasteiger partial charge in [-0.05, 0) is 13.8 Å². The summed E-state index contributed by atoms with van der Waals surface area (Å²) in [6, 6.07) is 1.55. The first kappa shape index (κ1) is 13.9. The first-order valence-electron chi connectivity index (χ1n) is 5.03. The van der Waals surface area contributed by atoms with E-state index in [9.17, 15) is 4.57 Å². The minimum absolute atomic E-state index is 0.139. The van der Waals surface area contributed by atoms with Gasteiger partial charge in [-0.15, -0.1) is 0 Å². The fourth-order valence-electron chi connectivity index (χ4n) is 1.09. The van der Waals surface area contributed by atoms with Crippen LogP contribution in [0.2, 0.25) is 0 Å². The van der Waals surface area contributed by atoms with Crippen molar-refractivity contribution in [1.29, 1.82) is 0 Å². The zero-order valence-electron chi connectivity index (χ0n) is 10.3. The van der Waals surface area contributed by atoms with Gasteiger partial charge < -0.3 is 9.84 Å². The lowest BCUT2D eigenvalue weighted by Crippen LogP contribution is -2.05. The van der Waals surface area contributed by atoms with Crippen LogP contribution in [0.15, 0.2) is 6.07 Å². The third-order valence-electron chi connectivity index (χ3n) is 1.82. The topological polar surface area (TPSA) is 82.6 Å². The number of hydrogen-bond donors (Lipinski definition) is 1. The lowest BCUT2D eigenvalue weighted by molar-refractivity contribution is 0.209. The molecule has 0 aliphatic heterocycles. The summed E-state index contributed by atoms with van der Waals surface area (Å²) in [5.74, 6) is 0.543. The van der Waals surface area contributed by atoms with Crippen LogP contribution in [0.4, 0.5) is 5.95 Å². The Morgan fingerprint density at radius 3 is 2.53 bits per heavy atom. The first-order chi connectivity index (χ1) is 8.03. The summed E-state index contributed by atoms with van der Waals surface area (Å²) in [5.41, 5.74) is 0.685. The summed E-state index contributed by atoms with van der Waals surface area (Å²) in [6.45, 7) is 4.37. The minimum Gasteiger partial charge on any atom is -0.385 e. The molecule has 0 unspecified atom stereocenters. The van der Waals surface area contributed by atoms with E-state index >= 15 is 0 Å². The Kier molecular flexibility index (Phi) is 4.86. The molecule has 1 heterocycles. The number of phosphoric acid groups is 1. The number of anilines is 1. The highest BCUT2D eigenvalue weighted by atomic mass is 31.2. The molecule has 0 fully saturated rings. The van der Waals surface area contributed by atoms with Crippen LogP contribution in [0.3, 0.4) is 0 Å². The Morgan fingerprint density at radius 2 is 2.00 bits per heavy atom. The molecule has 1 rings (SSSR count). The average molecular weight is 261 g/mol. The van der Waals surface area contributed by atoms with Gasteiger partial charge in [-0.25, -0.2) is 9.55 Å². The zero-order valence-corrected chi connectivity index (χ0v) is 11.2. The quantitative estimate of drug-likeness (QED) is 0.784. The van der Waals surface area contributed by atoms with Crippen LogP contribution in [0, 0.1) is 6.92 Å². The van der Waals surface area contributed by atoms with E-state index in [4.69, 9.17) is 4.52 Å². The highest BCUT2D eigenvalue weighted by molar-refractivity contribution is 7.48.